The summed E-state index contributed by atoms with van der Waals surface area (Å²) < 4.78 is 85.7. The molecule has 1 atom stereocenters. The molecule has 0 fully saturated rings. The highest BCUT2D eigenvalue weighted by Crippen LogP contribution is 2.38. The number of anilines is 3. The molecule has 59 heavy (non-hydrogen) atoms. The number of carbonyl (C=O) groups excluding carboxylic acids is 2. The third-order valence-corrected chi connectivity index (χ3v) is 11.1. The molecule has 13 nitrogen and oxygen atoms in total. The topological polar surface area (TPSA) is 177 Å². The number of alkyl halides is 2. The van der Waals surface area contributed by atoms with Crippen molar-refractivity contribution in [2.45, 2.75) is 103 Å². The summed E-state index contributed by atoms with van der Waals surface area (Å²) in [5.74, 6) is 1.06. The Kier molecular flexibility index (Phi) is 15.7. The fourth-order valence-corrected chi connectivity index (χ4v) is 6.71. The SMILES string of the molecule is C[C@H](Oc1cc(-c2nn(COCC[Si](C)(C)C)c(Nc3ccc(C#CCCCCC(=O)OC(C)(C)C)cn3)c2C(N)=O)ccc1NS(=O)(=O)C(F)F)c1ccc(F)cc1. The maximum atomic E-state index is 13.6. The summed E-state index contributed by atoms with van der Waals surface area (Å²) in [6.45, 7) is 14.0. The van der Waals surface area contributed by atoms with Crippen molar-refractivity contribution in [2.75, 3.05) is 16.6 Å². The maximum absolute atomic E-state index is 13.6. The Labute approximate surface area is 344 Å². The van der Waals surface area contributed by atoms with Crippen molar-refractivity contribution in [1.82, 2.24) is 14.8 Å². The predicted molar refractivity (Wildman–Crippen MR) is 223 cm³/mol. The molecule has 0 spiro atoms. The fraction of sp³-hybridized carbons (Fsp3) is 0.415. The molecular formula is C41H51F3N6O7SSi. The van der Waals surface area contributed by atoms with Gasteiger partial charge in [-0.15, -0.1) is 0 Å². The Morgan fingerprint density at radius 1 is 1.03 bits per heavy atom. The monoisotopic (exact) mass is 856 g/mol. The molecule has 4 rings (SSSR count). The first-order chi connectivity index (χ1) is 27.6. The van der Waals surface area contributed by atoms with E-state index in [2.05, 4.69) is 46.9 Å². The molecule has 4 aromatic rings. The maximum Gasteiger partial charge on any atom is 0.355 e. The van der Waals surface area contributed by atoms with E-state index in [4.69, 9.17) is 19.9 Å². The van der Waals surface area contributed by atoms with Crippen LogP contribution < -0.4 is 20.5 Å². The summed E-state index contributed by atoms with van der Waals surface area (Å²) in [6.07, 6.45) is 2.99. The standard InChI is InChI=1S/C41H51F3N6O7SSi/c1-27(29-15-18-31(42)19-16-29)56-33-24-30(17-20-32(33)49-58(53,54)40(43)44)37-36(38(45)52)39(50(48-37)26-55-22-23-59(5,6)7)47-34-21-14-28(25-46-34)12-10-8-9-11-13-35(51)57-41(2,3)4/h14-21,24-25,27,40,49H,8-9,11,13,22-23,26H2,1-7H3,(H2,45,52)(H,46,47)/t27-/m0/s1. The van der Waals surface area contributed by atoms with Crippen LogP contribution in [0.25, 0.3) is 11.3 Å². The number of benzene rings is 2. The Morgan fingerprint density at radius 2 is 1.75 bits per heavy atom. The first kappa shape index (κ1) is 46.3. The number of amides is 1. The van der Waals surface area contributed by atoms with Crippen LogP contribution in [0.3, 0.4) is 0 Å². The summed E-state index contributed by atoms with van der Waals surface area (Å²) in [6, 6.07) is 13.5. The summed E-state index contributed by atoms with van der Waals surface area (Å²) in [5, 5.41) is 7.79. The summed E-state index contributed by atoms with van der Waals surface area (Å²) in [4.78, 5) is 29.6. The van der Waals surface area contributed by atoms with E-state index in [0.717, 1.165) is 12.5 Å². The first-order valence-electron chi connectivity index (χ1n) is 18.9. The molecule has 4 N–H and O–H groups in total. The number of esters is 1. The zero-order valence-electron chi connectivity index (χ0n) is 34.2. The quantitative estimate of drug-likeness (QED) is 0.0358. The third kappa shape index (κ3) is 14.4. The second-order valence-electron chi connectivity index (χ2n) is 15.9. The molecule has 0 unspecified atom stereocenters. The molecule has 0 saturated carbocycles. The molecule has 318 valence electrons. The molecule has 2 aromatic carbocycles. The largest absolute Gasteiger partial charge is 0.484 e. The molecule has 2 heterocycles. The van der Waals surface area contributed by atoms with Crippen LogP contribution >= 0.6 is 0 Å². The van der Waals surface area contributed by atoms with Gasteiger partial charge in [-0.05, 0) is 88.5 Å². The summed E-state index contributed by atoms with van der Waals surface area (Å²) in [5.41, 5.74) is 6.46. The van der Waals surface area contributed by atoms with E-state index in [0.29, 0.717) is 42.8 Å². The fourth-order valence-electron chi connectivity index (χ4n) is 5.39. The van der Waals surface area contributed by atoms with Crippen molar-refractivity contribution < 1.29 is 45.4 Å². The number of halogens is 3. The average molecular weight is 857 g/mol. The minimum atomic E-state index is -5.12. The van der Waals surface area contributed by atoms with Crippen LogP contribution in [0.2, 0.25) is 25.7 Å². The van der Waals surface area contributed by atoms with E-state index in [-0.39, 0.29) is 46.8 Å². The zero-order chi connectivity index (χ0) is 43.5. The number of sulfonamides is 1. The Hall–Kier alpha value is -5.38. The average Bonchev–Trinajstić information content (AvgIpc) is 3.49. The van der Waals surface area contributed by atoms with Crippen LogP contribution in [0.15, 0.2) is 60.8 Å². The van der Waals surface area contributed by atoms with E-state index >= 15 is 0 Å². The molecule has 0 aliphatic carbocycles. The van der Waals surface area contributed by atoms with Gasteiger partial charge in [0.15, 0.2) is 0 Å². The number of carbonyl (C=O) groups is 2. The highest BCUT2D eigenvalue weighted by Gasteiger charge is 2.28. The Morgan fingerprint density at radius 3 is 2.36 bits per heavy atom. The van der Waals surface area contributed by atoms with Crippen LogP contribution in [0.5, 0.6) is 5.75 Å². The van der Waals surface area contributed by atoms with Gasteiger partial charge < -0.3 is 25.3 Å². The number of unbranched alkanes of at least 4 members (excludes halogenated alkanes) is 2. The van der Waals surface area contributed by atoms with E-state index in [1.54, 1.807) is 25.3 Å². The highest BCUT2D eigenvalue weighted by molar-refractivity contribution is 7.93. The van der Waals surface area contributed by atoms with Gasteiger partial charge in [-0.1, -0.05) is 49.7 Å². The van der Waals surface area contributed by atoms with Crippen molar-refractivity contribution in [3.8, 4) is 28.8 Å². The lowest BCUT2D eigenvalue weighted by molar-refractivity contribution is -0.154. The molecule has 0 saturated heterocycles. The molecule has 0 radical (unpaired) electrons. The lowest BCUT2D eigenvalue weighted by Gasteiger charge is -2.19. The number of hydrogen-bond donors (Lipinski definition) is 3. The van der Waals surface area contributed by atoms with Gasteiger partial charge in [0, 0.05) is 44.8 Å². The van der Waals surface area contributed by atoms with Gasteiger partial charge in [0.05, 0.1) is 5.69 Å². The van der Waals surface area contributed by atoms with E-state index in [9.17, 15) is 31.2 Å². The molecule has 2 aromatic heterocycles. The lowest BCUT2D eigenvalue weighted by Crippen LogP contribution is -2.23. The van der Waals surface area contributed by atoms with Crippen LogP contribution in [0, 0.1) is 17.7 Å². The highest BCUT2D eigenvalue weighted by atomic mass is 32.2. The van der Waals surface area contributed by atoms with Crippen molar-refractivity contribution in [1.29, 1.82) is 0 Å². The minimum absolute atomic E-state index is 0.0468. The number of nitrogens with two attached hydrogens (primary N) is 1. The van der Waals surface area contributed by atoms with Crippen LogP contribution in [0.1, 0.15) is 81.0 Å². The summed E-state index contributed by atoms with van der Waals surface area (Å²) >= 11 is 0. The summed E-state index contributed by atoms with van der Waals surface area (Å²) in [7, 11) is -6.59. The van der Waals surface area contributed by atoms with Crippen LogP contribution in [-0.2, 0) is 31.0 Å². The van der Waals surface area contributed by atoms with Gasteiger partial charge in [0.2, 0.25) is 0 Å². The second-order valence-corrected chi connectivity index (χ2v) is 23.1. The smallest absolute Gasteiger partial charge is 0.355 e. The van der Waals surface area contributed by atoms with E-state index in [1.165, 1.54) is 47.1 Å². The number of primary amides is 1. The van der Waals surface area contributed by atoms with Gasteiger partial charge in [0.25, 0.3) is 15.9 Å². The number of hydrogen-bond acceptors (Lipinski definition) is 10. The van der Waals surface area contributed by atoms with Gasteiger partial charge in [0.1, 0.15) is 52.9 Å². The number of ether oxygens (including phenoxy) is 3. The Bertz CT molecular complexity index is 2250. The molecule has 0 aliphatic heterocycles. The number of aromatic nitrogens is 3. The van der Waals surface area contributed by atoms with Crippen molar-refractivity contribution >= 4 is 47.3 Å². The number of nitrogens with one attached hydrogen (secondary N) is 2. The molecule has 1 amide bonds. The van der Waals surface area contributed by atoms with Crippen LogP contribution in [-0.4, -0.2) is 61.1 Å². The number of rotatable bonds is 19. The number of pyridine rings is 1. The molecular weight excluding hydrogens is 806 g/mol. The van der Waals surface area contributed by atoms with E-state index in [1.807, 2.05) is 25.5 Å². The molecule has 18 heteroatoms. The first-order valence-corrected chi connectivity index (χ1v) is 24.2. The molecule has 0 aliphatic rings. The second kappa shape index (κ2) is 20.1. The van der Waals surface area contributed by atoms with Crippen molar-refractivity contribution in [3.05, 3.63) is 83.3 Å². The lowest BCUT2D eigenvalue weighted by atomic mass is 10.1. The third-order valence-electron chi connectivity index (χ3n) is 8.39. The minimum Gasteiger partial charge on any atom is -0.484 e. The molecule has 0 bridgehead atoms. The van der Waals surface area contributed by atoms with Gasteiger partial charge in [-0.2, -0.15) is 13.9 Å². The number of nitrogens with zero attached hydrogens (tertiary/aromatic N) is 3. The van der Waals surface area contributed by atoms with Crippen molar-refractivity contribution in [3.63, 3.8) is 0 Å². The van der Waals surface area contributed by atoms with Gasteiger partial charge in [-0.25, -0.2) is 22.5 Å². The van der Waals surface area contributed by atoms with Crippen LogP contribution in [0.4, 0.5) is 30.5 Å². The normalized spacial score (nSPS) is 12.4. The van der Waals surface area contributed by atoms with E-state index < -0.39 is 47.3 Å². The zero-order valence-corrected chi connectivity index (χ0v) is 36.0. The predicted octanol–water partition coefficient (Wildman–Crippen LogP) is 8.60. The van der Waals surface area contributed by atoms with Crippen molar-refractivity contribution in [2.24, 2.45) is 5.73 Å². The van der Waals surface area contributed by atoms with Gasteiger partial charge in [-0.3, -0.25) is 14.3 Å². The van der Waals surface area contributed by atoms with Gasteiger partial charge >= 0.3 is 11.7 Å². The Balaban J connectivity index is 1.66.